The SMILES string of the molecule is Cc1nn(C)c(C(=O)NC(C2CC2)C2CC2)c1N. The smallest absolute Gasteiger partial charge is 0.271 e. The van der Waals surface area contributed by atoms with Gasteiger partial charge in [0.15, 0.2) is 0 Å². The summed E-state index contributed by atoms with van der Waals surface area (Å²) in [5.41, 5.74) is 7.64. The summed E-state index contributed by atoms with van der Waals surface area (Å²) in [6, 6.07) is 0.354. The van der Waals surface area contributed by atoms with Crippen LogP contribution < -0.4 is 11.1 Å². The van der Waals surface area contributed by atoms with Gasteiger partial charge in [0.2, 0.25) is 0 Å². The van der Waals surface area contributed by atoms with Crippen molar-refractivity contribution in [1.29, 1.82) is 0 Å². The average Bonchev–Trinajstić information content (AvgIpc) is 3.18. The number of aryl methyl sites for hydroxylation is 2. The van der Waals surface area contributed by atoms with E-state index >= 15 is 0 Å². The number of amides is 1. The molecule has 1 heterocycles. The molecular weight excluding hydrogens is 228 g/mol. The lowest BCUT2D eigenvalue weighted by Crippen LogP contribution is -2.39. The molecule has 5 heteroatoms. The largest absolute Gasteiger partial charge is 0.395 e. The van der Waals surface area contributed by atoms with E-state index in [9.17, 15) is 4.79 Å². The lowest BCUT2D eigenvalue weighted by molar-refractivity contribution is 0.0917. The Kier molecular flexibility index (Phi) is 2.57. The number of nitrogens with zero attached hydrogens (tertiary/aromatic N) is 2. The van der Waals surface area contributed by atoms with Gasteiger partial charge in [0.1, 0.15) is 5.69 Å². The van der Waals surface area contributed by atoms with Gasteiger partial charge in [-0.1, -0.05) is 0 Å². The first-order valence-electron chi connectivity index (χ1n) is 6.68. The minimum Gasteiger partial charge on any atom is -0.395 e. The lowest BCUT2D eigenvalue weighted by atomic mass is 10.1. The number of carbonyl (C=O) groups is 1. The van der Waals surface area contributed by atoms with E-state index < -0.39 is 0 Å². The number of nitrogens with one attached hydrogen (secondary N) is 1. The van der Waals surface area contributed by atoms with Crippen molar-refractivity contribution in [3.05, 3.63) is 11.4 Å². The highest BCUT2D eigenvalue weighted by molar-refractivity contribution is 5.98. The molecule has 0 atom stereocenters. The van der Waals surface area contributed by atoms with Gasteiger partial charge in [-0.25, -0.2) is 0 Å². The van der Waals surface area contributed by atoms with Crippen LogP contribution in [0.1, 0.15) is 41.9 Å². The molecule has 3 N–H and O–H groups in total. The van der Waals surface area contributed by atoms with Crippen molar-refractivity contribution in [1.82, 2.24) is 15.1 Å². The average molecular weight is 248 g/mol. The van der Waals surface area contributed by atoms with Crippen molar-refractivity contribution in [2.45, 2.75) is 38.6 Å². The van der Waals surface area contributed by atoms with E-state index in [2.05, 4.69) is 10.4 Å². The number of hydrogen-bond acceptors (Lipinski definition) is 3. The van der Waals surface area contributed by atoms with Crippen LogP contribution in [0.15, 0.2) is 0 Å². The Morgan fingerprint density at radius 3 is 2.33 bits per heavy atom. The number of nitrogen functional groups attached to an aromatic ring is 1. The minimum atomic E-state index is -0.0700. The van der Waals surface area contributed by atoms with Gasteiger partial charge in [-0.2, -0.15) is 5.10 Å². The van der Waals surface area contributed by atoms with Crippen LogP contribution >= 0.6 is 0 Å². The number of carbonyl (C=O) groups excluding carboxylic acids is 1. The summed E-state index contributed by atoms with van der Waals surface area (Å²) in [7, 11) is 1.77. The second kappa shape index (κ2) is 4.00. The quantitative estimate of drug-likeness (QED) is 0.841. The fourth-order valence-electron chi connectivity index (χ4n) is 2.69. The van der Waals surface area contributed by atoms with E-state index in [0.717, 1.165) is 5.69 Å². The number of nitrogens with two attached hydrogens (primary N) is 1. The summed E-state index contributed by atoms with van der Waals surface area (Å²) in [5.74, 6) is 1.31. The Labute approximate surface area is 107 Å². The molecule has 98 valence electrons. The molecule has 0 bridgehead atoms. The first-order chi connectivity index (χ1) is 8.58. The molecule has 1 aromatic rings. The summed E-state index contributed by atoms with van der Waals surface area (Å²) in [5, 5.41) is 7.36. The zero-order valence-corrected chi connectivity index (χ0v) is 10.9. The van der Waals surface area contributed by atoms with Crippen LogP contribution in [0.4, 0.5) is 5.69 Å². The Hall–Kier alpha value is -1.52. The fourth-order valence-corrected chi connectivity index (χ4v) is 2.69. The van der Waals surface area contributed by atoms with Crippen LogP contribution in [0.25, 0.3) is 0 Å². The molecule has 0 aromatic carbocycles. The van der Waals surface area contributed by atoms with Crippen LogP contribution in [0.2, 0.25) is 0 Å². The van der Waals surface area contributed by atoms with Crippen molar-refractivity contribution < 1.29 is 4.79 Å². The Balaban J connectivity index is 1.77. The second-order valence-corrected chi connectivity index (χ2v) is 5.65. The van der Waals surface area contributed by atoms with Gasteiger partial charge in [-0.05, 0) is 44.4 Å². The molecule has 2 aliphatic rings. The summed E-state index contributed by atoms with van der Waals surface area (Å²) in [6.07, 6.45) is 5.01. The highest BCUT2D eigenvalue weighted by Crippen LogP contribution is 2.44. The molecule has 2 saturated carbocycles. The van der Waals surface area contributed by atoms with E-state index in [1.165, 1.54) is 25.7 Å². The summed E-state index contributed by atoms with van der Waals surface area (Å²) >= 11 is 0. The molecule has 2 fully saturated rings. The Morgan fingerprint density at radius 1 is 1.39 bits per heavy atom. The van der Waals surface area contributed by atoms with Crippen molar-refractivity contribution in [2.75, 3.05) is 5.73 Å². The summed E-state index contributed by atoms with van der Waals surface area (Å²) in [6.45, 7) is 1.82. The normalized spacial score (nSPS) is 19.3. The fraction of sp³-hybridized carbons (Fsp3) is 0.692. The topological polar surface area (TPSA) is 72.9 Å². The van der Waals surface area contributed by atoms with E-state index in [1.54, 1.807) is 11.7 Å². The molecule has 5 nitrogen and oxygen atoms in total. The highest BCUT2D eigenvalue weighted by atomic mass is 16.2. The zero-order chi connectivity index (χ0) is 12.9. The van der Waals surface area contributed by atoms with Crippen LogP contribution in [0, 0.1) is 18.8 Å². The molecule has 0 aliphatic heterocycles. The maximum atomic E-state index is 12.3. The highest BCUT2D eigenvalue weighted by Gasteiger charge is 2.42. The van der Waals surface area contributed by atoms with E-state index in [0.29, 0.717) is 29.3 Å². The Bertz CT molecular complexity index is 473. The first-order valence-corrected chi connectivity index (χ1v) is 6.68. The lowest BCUT2D eigenvalue weighted by Gasteiger charge is -2.17. The first kappa shape index (κ1) is 11.6. The van der Waals surface area contributed by atoms with Gasteiger partial charge in [-0.3, -0.25) is 9.48 Å². The Morgan fingerprint density at radius 2 is 1.94 bits per heavy atom. The monoisotopic (exact) mass is 248 g/mol. The van der Waals surface area contributed by atoms with Gasteiger partial charge >= 0.3 is 0 Å². The van der Waals surface area contributed by atoms with Crippen molar-refractivity contribution >= 4 is 11.6 Å². The van der Waals surface area contributed by atoms with Crippen LogP contribution in [0.5, 0.6) is 0 Å². The van der Waals surface area contributed by atoms with Crippen molar-refractivity contribution in [2.24, 2.45) is 18.9 Å². The van der Waals surface area contributed by atoms with Gasteiger partial charge in [0.25, 0.3) is 5.91 Å². The standard InChI is InChI=1S/C13H20N4O/c1-7-10(14)12(17(2)16-7)13(18)15-11(8-3-4-8)9-5-6-9/h8-9,11H,3-6,14H2,1-2H3,(H,15,18). The third-order valence-electron chi connectivity index (χ3n) is 4.04. The summed E-state index contributed by atoms with van der Waals surface area (Å²) < 4.78 is 1.58. The molecule has 0 radical (unpaired) electrons. The summed E-state index contributed by atoms with van der Waals surface area (Å²) in [4.78, 5) is 12.3. The number of aromatic nitrogens is 2. The predicted molar refractivity (Wildman–Crippen MR) is 69.1 cm³/mol. The van der Waals surface area contributed by atoms with Crippen LogP contribution in [-0.2, 0) is 7.05 Å². The van der Waals surface area contributed by atoms with Gasteiger partial charge in [0.05, 0.1) is 11.4 Å². The molecule has 1 amide bonds. The molecular formula is C13H20N4O. The zero-order valence-electron chi connectivity index (χ0n) is 10.9. The molecule has 0 spiro atoms. The van der Waals surface area contributed by atoms with Crippen molar-refractivity contribution in [3.8, 4) is 0 Å². The van der Waals surface area contributed by atoms with Crippen LogP contribution in [-0.4, -0.2) is 21.7 Å². The maximum Gasteiger partial charge on any atom is 0.271 e. The van der Waals surface area contributed by atoms with Crippen molar-refractivity contribution in [3.63, 3.8) is 0 Å². The van der Waals surface area contributed by atoms with Gasteiger partial charge in [-0.15, -0.1) is 0 Å². The molecule has 0 saturated heterocycles. The third-order valence-corrected chi connectivity index (χ3v) is 4.04. The molecule has 1 aromatic heterocycles. The number of anilines is 1. The van der Waals surface area contributed by atoms with Crippen LogP contribution in [0.3, 0.4) is 0 Å². The van der Waals surface area contributed by atoms with E-state index in [4.69, 9.17) is 5.73 Å². The molecule has 2 aliphatic carbocycles. The predicted octanol–water partition coefficient (Wildman–Crippen LogP) is 1.23. The maximum absolute atomic E-state index is 12.3. The van der Waals surface area contributed by atoms with E-state index in [1.807, 2.05) is 6.92 Å². The molecule has 18 heavy (non-hydrogen) atoms. The number of hydrogen-bond donors (Lipinski definition) is 2. The molecule has 3 rings (SSSR count). The number of rotatable bonds is 4. The second-order valence-electron chi connectivity index (χ2n) is 5.65. The van der Waals surface area contributed by atoms with E-state index in [-0.39, 0.29) is 5.91 Å². The van der Waals surface area contributed by atoms with Gasteiger partial charge in [0, 0.05) is 13.1 Å². The minimum absolute atomic E-state index is 0.0700. The van der Waals surface area contributed by atoms with Gasteiger partial charge < -0.3 is 11.1 Å². The third kappa shape index (κ3) is 1.98. The molecule has 0 unspecified atom stereocenters.